The number of nitrogens with zero attached hydrogens (tertiary/aromatic N) is 2. The minimum atomic E-state index is 0.343. The molecule has 0 bridgehead atoms. The van der Waals surface area contributed by atoms with Crippen molar-refractivity contribution in [3.05, 3.63) is 41.1 Å². The van der Waals surface area contributed by atoms with E-state index in [2.05, 4.69) is 42.9 Å². The molecular weight excluding hydrogens is 234 g/mol. The Hall–Kier alpha value is -1.90. The van der Waals surface area contributed by atoms with Gasteiger partial charge in [-0.05, 0) is 24.8 Å². The monoisotopic (exact) mass is 255 g/mol. The quantitative estimate of drug-likeness (QED) is 0.909. The summed E-state index contributed by atoms with van der Waals surface area (Å²) >= 11 is 0. The fourth-order valence-corrected chi connectivity index (χ4v) is 2.48. The van der Waals surface area contributed by atoms with Gasteiger partial charge < -0.3 is 5.73 Å². The molecule has 1 heterocycles. The highest BCUT2D eigenvalue weighted by Gasteiger charge is 2.14. The summed E-state index contributed by atoms with van der Waals surface area (Å²) in [5, 5.41) is 0. The van der Waals surface area contributed by atoms with E-state index in [9.17, 15) is 0 Å². The van der Waals surface area contributed by atoms with Crippen molar-refractivity contribution in [3.63, 3.8) is 0 Å². The van der Waals surface area contributed by atoms with Gasteiger partial charge in [-0.15, -0.1) is 0 Å². The van der Waals surface area contributed by atoms with Gasteiger partial charge in [0.1, 0.15) is 5.82 Å². The second-order valence-corrected chi connectivity index (χ2v) is 5.10. The third-order valence-corrected chi connectivity index (χ3v) is 3.38. The largest absolute Gasteiger partial charge is 0.383 e. The number of nitrogens with two attached hydrogens (primary N) is 1. The molecule has 19 heavy (non-hydrogen) atoms. The Labute approximate surface area is 114 Å². The van der Waals surface area contributed by atoms with Gasteiger partial charge in [-0.1, -0.05) is 45.0 Å². The molecule has 0 saturated heterocycles. The molecule has 0 aliphatic heterocycles. The van der Waals surface area contributed by atoms with Crippen LogP contribution >= 0.6 is 0 Å². The zero-order chi connectivity index (χ0) is 14.0. The number of aryl methyl sites for hydroxylation is 2. The second kappa shape index (κ2) is 5.39. The minimum absolute atomic E-state index is 0.343. The number of anilines is 1. The van der Waals surface area contributed by atoms with Crippen LogP contribution < -0.4 is 5.73 Å². The molecule has 0 fully saturated rings. The summed E-state index contributed by atoms with van der Waals surface area (Å²) in [6, 6.07) is 8.23. The summed E-state index contributed by atoms with van der Waals surface area (Å²) in [6.45, 7) is 8.37. The molecule has 0 aliphatic carbocycles. The summed E-state index contributed by atoms with van der Waals surface area (Å²) < 4.78 is 0. The van der Waals surface area contributed by atoms with Crippen molar-refractivity contribution in [2.24, 2.45) is 0 Å². The molecule has 0 saturated carbocycles. The Bertz CT molecular complexity index is 565. The highest BCUT2D eigenvalue weighted by atomic mass is 15.0. The summed E-state index contributed by atoms with van der Waals surface area (Å²) in [5.74, 6) is 1.68. The van der Waals surface area contributed by atoms with Crippen molar-refractivity contribution in [1.82, 2.24) is 9.97 Å². The summed E-state index contributed by atoms with van der Waals surface area (Å²) in [6.07, 6.45) is 0.963. The normalized spacial score (nSPS) is 11.0. The van der Waals surface area contributed by atoms with Gasteiger partial charge in [0, 0.05) is 16.8 Å². The van der Waals surface area contributed by atoms with Crippen LogP contribution in [0.1, 0.15) is 43.5 Å². The van der Waals surface area contributed by atoms with Gasteiger partial charge in [-0.25, -0.2) is 9.97 Å². The third-order valence-electron chi connectivity index (χ3n) is 3.38. The average Bonchev–Trinajstić information content (AvgIpc) is 2.37. The maximum atomic E-state index is 6.10. The molecule has 3 nitrogen and oxygen atoms in total. The molecule has 0 spiro atoms. The Kier molecular flexibility index (Phi) is 3.84. The van der Waals surface area contributed by atoms with Gasteiger partial charge in [0.2, 0.25) is 0 Å². The number of hydrogen-bond donors (Lipinski definition) is 1. The van der Waals surface area contributed by atoms with Crippen molar-refractivity contribution in [2.45, 2.75) is 40.0 Å². The maximum absolute atomic E-state index is 6.10. The Morgan fingerprint density at radius 3 is 2.42 bits per heavy atom. The van der Waals surface area contributed by atoms with Gasteiger partial charge in [-0.3, -0.25) is 0 Å². The van der Waals surface area contributed by atoms with E-state index in [-0.39, 0.29) is 0 Å². The second-order valence-electron chi connectivity index (χ2n) is 5.10. The van der Waals surface area contributed by atoms with Crippen molar-refractivity contribution < 1.29 is 0 Å². The third kappa shape index (κ3) is 2.60. The van der Waals surface area contributed by atoms with Crippen LogP contribution in [0.25, 0.3) is 11.4 Å². The fraction of sp³-hybridized carbons (Fsp3) is 0.375. The van der Waals surface area contributed by atoms with Crippen LogP contribution in [0.5, 0.6) is 0 Å². The topological polar surface area (TPSA) is 51.8 Å². The van der Waals surface area contributed by atoms with E-state index < -0.39 is 0 Å². The van der Waals surface area contributed by atoms with Crippen LogP contribution in [-0.2, 0) is 6.42 Å². The number of hydrogen-bond acceptors (Lipinski definition) is 3. The first-order chi connectivity index (χ1) is 9.04. The predicted molar refractivity (Wildman–Crippen MR) is 80.1 cm³/mol. The van der Waals surface area contributed by atoms with Gasteiger partial charge in [0.05, 0.1) is 0 Å². The van der Waals surface area contributed by atoms with Gasteiger partial charge in [0.15, 0.2) is 5.82 Å². The van der Waals surface area contributed by atoms with Crippen molar-refractivity contribution in [2.75, 3.05) is 5.73 Å². The minimum Gasteiger partial charge on any atom is -0.383 e. The number of benzene rings is 1. The molecule has 2 rings (SSSR count). The first-order valence-corrected chi connectivity index (χ1v) is 6.76. The molecule has 1 aromatic heterocycles. The number of aromatic nitrogens is 2. The zero-order valence-corrected chi connectivity index (χ0v) is 12.1. The summed E-state index contributed by atoms with van der Waals surface area (Å²) in [5.41, 5.74) is 10.5. The Morgan fingerprint density at radius 2 is 1.84 bits per heavy atom. The highest BCUT2D eigenvalue weighted by Crippen LogP contribution is 2.27. The lowest BCUT2D eigenvalue weighted by molar-refractivity contribution is 0.836. The molecule has 2 aromatic rings. The molecular formula is C16H21N3. The van der Waals surface area contributed by atoms with E-state index in [1.54, 1.807) is 0 Å². The van der Waals surface area contributed by atoms with Gasteiger partial charge in [-0.2, -0.15) is 0 Å². The van der Waals surface area contributed by atoms with Crippen molar-refractivity contribution in [3.8, 4) is 11.4 Å². The van der Waals surface area contributed by atoms with Crippen LogP contribution in [0.15, 0.2) is 24.3 Å². The molecule has 3 heteroatoms. The average molecular weight is 255 g/mol. The van der Waals surface area contributed by atoms with Gasteiger partial charge >= 0.3 is 0 Å². The van der Waals surface area contributed by atoms with Crippen molar-refractivity contribution >= 4 is 5.82 Å². The predicted octanol–water partition coefficient (Wildman–Crippen LogP) is 3.72. The van der Waals surface area contributed by atoms with Crippen LogP contribution in [0, 0.1) is 6.92 Å². The fourth-order valence-electron chi connectivity index (χ4n) is 2.48. The van der Waals surface area contributed by atoms with Crippen LogP contribution in [0.2, 0.25) is 0 Å². The summed E-state index contributed by atoms with van der Waals surface area (Å²) in [7, 11) is 0. The highest BCUT2D eigenvalue weighted by molar-refractivity contribution is 5.63. The number of rotatable bonds is 3. The van der Waals surface area contributed by atoms with E-state index in [4.69, 9.17) is 5.73 Å². The lowest BCUT2D eigenvalue weighted by Gasteiger charge is -2.14. The standard InChI is InChI=1S/C16H21N3/c1-5-12-8-6-7-9-13(12)16-18-11(4)14(10(2)3)15(17)19-16/h6-10H,5H2,1-4H3,(H2,17,18,19). The molecule has 100 valence electrons. The SMILES string of the molecule is CCc1ccccc1-c1nc(C)c(C(C)C)c(N)n1. The van der Waals surface area contributed by atoms with E-state index in [0.717, 1.165) is 29.1 Å². The molecule has 2 N–H and O–H groups in total. The van der Waals surface area contributed by atoms with Crippen LogP contribution in [0.4, 0.5) is 5.82 Å². The van der Waals surface area contributed by atoms with E-state index >= 15 is 0 Å². The Balaban J connectivity index is 2.59. The van der Waals surface area contributed by atoms with Gasteiger partial charge in [0.25, 0.3) is 0 Å². The zero-order valence-electron chi connectivity index (χ0n) is 12.1. The van der Waals surface area contributed by atoms with Crippen LogP contribution in [-0.4, -0.2) is 9.97 Å². The lowest BCUT2D eigenvalue weighted by atomic mass is 10.0. The first-order valence-electron chi connectivity index (χ1n) is 6.76. The molecule has 0 amide bonds. The molecule has 0 radical (unpaired) electrons. The van der Waals surface area contributed by atoms with Crippen molar-refractivity contribution in [1.29, 1.82) is 0 Å². The molecule has 1 aromatic carbocycles. The molecule has 0 atom stereocenters. The lowest BCUT2D eigenvalue weighted by Crippen LogP contribution is -2.07. The maximum Gasteiger partial charge on any atom is 0.162 e. The van der Waals surface area contributed by atoms with Crippen LogP contribution in [0.3, 0.4) is 0 Å². The molecule has 0 aliphatic rings. The number of nitrogen functional groups attached to an aromatic ring is 1. The summed E-state index contributed by atoms with van der Waals surface area (Å²) in [4.78, 5) is 9.14. The van der Waals surface area contributed by atoms with E-state index in [0.29, 0.717) is 11.7 Å². The first kappa shape index (κ1) is 13.5. The van der Waals surface area contributed by atoms with E-state index in [1.807, 2.05) is 19.1 Å². The van der Waals surface area contributed by atoms with E-state index in [1.165, 1.54) is 5.56 Å². The molecule has 0 unspecified atom stereocenters. The Morgan fingerprint density at radius 1 is 1.16 bits per heavy atom. The smallest absolute Gasteiger partial charge is 0.162 e.